The second kappa shape index (κ2) is 5.95. The van der Waals surface area contributed by atoms with Crippen LogP contribution < -0.4 is 0 Å². The van der Waals surface area contributed by atoms with Crippen LogP contribution in [0.5, 0.6) is 0 Å². The first-order valence-electron chi connectivity index (χ1n) is 6.41. The molecule has 2 heteroatoms. The van der Waals surface area contributed by atoms with Gasteiger partial charge in [0, 0.05) is 10.4 Å². The van der Waals surface area contributed by atoms with Crippen LogP contribution >= 0.6 is 23.2 Å². The summed E-state index contributed by atoms with van der Waals surface area (Å²) in [7, 11) is 0. The molecule has 18 heavy (non-hydrogen) atoms. The van der Waals surface area contributed by atoms with Gasteiger partial charge in [0.1, 0.15) is 0 Å². The number of rotatable bonds is 4. The van der Waals surface area contributed by atoms with Crippen LogP contribution in [0.2, 0.25) is 5.02 Å². The third-order valence-electron chi connectivity index (χ3n) is 3.24. The number of halogens is 2. The van der Waals surface area contributed by atoms with Gasteiger partial charge in [-0.15, -0.1) is 11.6 Å². The van der Waals surface area contributed by atoms with E-state index in [1.807, 2.05) is 24.3 Å². The van der Waals surface area contributed by atoms with Crippen LogP contribution in [0.4, 0.5) is 0 Å². The van der Waals surface area contributed by atoms with Crippen molar-refractivity contribution in [3.8, 4) is 0 Å². The Balaban J connectivity index is 2.36. The molecular weight excluding hydrogens is 263 g/mol. The van der Waals surface area contributed by atoms with E-state index in [1.165, 1.54) is 10.9 Å². The molecule has 0 aliphatic rings. The predicted octanol–water partition coefficient (Wildman–Crippen LogP) is 6.21. The van der Waals surface area contributed by atoms with Gasteiger partial charge in [0.05, 0.1) is 5.38 Å². The highest BCUT2D eigenvalue weighted by Crippen LogP contribution is 2.35. The molecule has 2 rings (SSSR count). The van der Waals surface area contributed by atoms with Crippen molar-refractivity contribution in [1.82, 2.24) is 0 Å². The first-order valence-corrected chi connectivity index (χ1v) is 7.22. The van der Waals surface area contributed by atoms with Gasteiger partial charge in [0.2, 0.25) is 0 Å². The molecule has 0 radical (unpaired) electrons. The van der Waals surface area contributed by atoms with E-state index in [9.17, 15) is 0 Å². The standard InChI is InChI=1S/C16H18Cl2/c1-11(2)7-9-15(17)14-8-10-16(18)13-6-4-3-5-12(13)14/h3-6,8,10-11,15H,7,9H2,1-2H3. The third kappa shape index (κ3) is 2.99. The smallest absolute Gasteiger partial charge is 0.0591 e. The van der Waals surface area contributed by atoms with Crippen LogP contribution in [0, 0.1) is 5.92 Å². The summed E-state index contributed by atoms with van der Waals surface area (Å²) in [5.41, 5.74) is 1.19. The molecule has 2 aromatic carbocycles. The summed E-state index contributed by atoms with van der Waals surface area (Å²) in [6, 6.07) is 12.2. The molecular formula is C16H18Cl2. The Bertz CT molecular complexity index is 532. The molecule has 0 N–H and O–H groups in total. The lowest BCUT2D eigenvalue weighted by Crippen LogP contribution is -1.96. The topological polar surface area (TPSA) is 0 Å². The molecule has 96 valence electrons. The monoisotopic (exact) mass is 280 g/mol. The molecule has 1 atom stereocenters. The lowest BCUT2D eigenvalue weighted by atomic mass is 9.97. The van der Waals surface area contributed by atoms with Crippen molar-refractivity contribution >= 4 is 34.0 Å². The summed E-state index contributed by atoms with van der Waals surface area (Å²) in [6.45, 7) is 4.45. The summed E-state index contributed by atoms with van der Waals surface area (Å²) in [5, 5.41) is 3.12. The van der Waals surface area contributed by atoms with Gasteiger partial charge in [-0.3, -0.25) is 0 Å². The minimum Gasteiger partial charge on any atom is -0.118 e. The summed E-state index contributed by atoms with van der Waals surface area (Å²) < 4.78 is 0. The van der Waals surface area contributed by atoms with Gasteiger partial charge >= 0.3 is 0 Å². The van der Waals surface area contributed by atoms with Crippen molar-refractivity contribution in [2.45, 2.75) is 32.1 Å². The zero-order valence-corrected chi connectivity index (χ0v) is 12.3. The van der Waals surface area contributed by atoms with Crippen molar-refractivity contribution in [2.24, 2.45) is 5.92 Å². The number of hydrogen-bond acceptors (Lipinski definition) is 0. The van der Waals surface area contributed by atoms with E-state index in [0.29, 0.717) is 5.92 Å². The van der Waals surface area contributed by atoms with Crippen molar-refractivity contribution < 1.29 is 0 Å². The molecule has 0 aromatic heterocycles. The highest BCUT2D eigenvalue weighted by molar-refractivity contribution is 6.35. The van der Waals surface area contributed by atoms with Crippen LogP contribution in [0.3, 0.4) is 0 Å². The second-order valence-corrected chi connectivity index (χ2v) is 6.05. The molecule has 0 saturated heterocycles. The molecule has 1 unspecified atom stereocenters. The lowest BCUT2D eigenvalue weighted by Gasteiger charge is -2.14. The van der Waals surface area contributed by atoms with Crippen LogP contribution in [0.1, 0.15) is 37.6 Å². The van der Waals surface area contributed by atoms with Crippen molar-refractivity contribution in [1.29, 1.82) is 0 Å². The number of benzene rings is 2. The minimum absolute atomic E-state index is 0.0644. The van der Waals surface area contributed by atoms with Crippen LogP contribution in [-0.4, -0.2) is 0 Å². The van der Waals surface area contributed by atoms with Gasteiger partial charge < -0.3 is 0 Å². The molecule has 0 heterocycles. The van der Waals surface area contributed by atoms with E-state index < -0.39 is 0 Å². The average Bonchev–Trinajstić information content (AvgIpc) is 2.37. The molecule has 0 fully saturated rings. The maximum Gasteiger partial charge on any atom is 0.0591 e. The zero-order valence-electron chi connectivity index (χ0n) is 10.8. The number of alkyl halides is 1. The first kappa shape index (κ1) is 13.7. The van der Waals surface area contributed by atoms with Gasteiger partial charge in [-0.1, -0.05) is 55.8 Å². The van der Waals surface area contributed by atoms with E-state index in [4.69, 9.17) is 23.2 Å². The normalized spacial score (nSPS) is 13.2. The van der Waals surface area contributed by atoms with Gasteiger partial charge in [0.15, 0.2) is 0 Å². The largest absolute Gasteiger partial charge is 0.118 e. The summed E-state index contributed by atoms with van der Waals surface area (Å²) in [4.78, 5) is 0. The molecule has 0 bridgehead atoms. The fourth-order valence-electron chi connectivity index (χ4n) is 2.19. The quantitative estimate of drug-likeness (QED) is 0.584. The molecule has 0 nitrogen and oxygen atoms in total. The fourth-order valence-corrected chi connectivity index (χ4v) is 2.74. The molecule has 0 aliphatic carbocycles. The Morgan fingerprint density at radius 2 is 1.61 bits per heavy atom. The van der Waals surface area contributed by atoms with Gasteiger partial charge in [-0.2, -0.15) is 0 Å². The minimum atomic E-state index is 0.0644. The average molecular weight is 281 g/mol. The van der Waals surface area contributed by atoms with Crippen molar-refractivity contribution in [3.63, 3.8) is 0 Å². The maximum absolute atomic E-state index is 6.54. The van der Waals surface area contributed by atoms with E-state index in [1.54, 1.807) is 0 Å². The van der Waals surface area contributed by atoms with Crippen LogP contribution in [0.15, 0.2) is 36.4 Å². The second-order valence-electron chi connectivity index (χ2n) is 5.12. The van der Waals surface area contributed by atoms with Gasteiger partial charge in [-0.25, -0.2) is 0 Å². The lowest BCUT2D eigenvalue weighted by molar-refractivity contribution is 0.550. The zero-order chi connectivity index (χ0) is 13.1. The van der Waals surface area contributed by atoms with E-state index >= 15 is 0 Å². The Kier molecular flexibility index (Phi) is 4.53. The van der Waals surface area contributed by atoms with Crippen LogP contribution in [0.25, 0.3) is 10.8 Å². The van der Waals surface area contributed by atoms with E-state index in [0.717, 1.165) is 23.3 Å². The molecule has 0 spiro atoms. The van der Waals surface area contributed by atoms with Gasteiger partial charge in [0.25, 0.3) is 0 Å². The van der Waals surface area contributed by atoms with Gasteiger partial charge in [-0.05, 0) is 35.8 Å². The van der Waals surface area contributed by atoms with Crippen molar-refractivity contribution in [2.75, 3.05) is 0 Å². The van der Waals surface area contributed by atoms with Crippen LogP contribution in [-0.2, 0) is 0 Å². The Morgan fingerprint density at radius 3 is 2.28 bits per heavy atom. The Labute approximate surface area is 119 Å². The first-order chi connectivity index (χ1) is 8.59. The Hall–Kier alpha value is -0.720. The maximum atomic E-state index is 6.54. The summed E-state index contributed by atoms with van der Waals surface area (Å²) >= 11 is 12.8. The molecule has 0 saturated carbocycles. The molecule has 0 amide bonds. The summed E-state index contributed by atoms with van der Waals surface area (Å²) in [6.07, 6.45) is 2.15. The molecule has 0 aliphatic heterocycles. The van der Waals surface area contributed by atoms with Crippen molar-refractivity contribution in [3.05, 3.63) is 47.0 Å². The fraction of sp³-hybridized carbons (Fsp3) is 0.375. The molecule has 2 aromatic rings. The van der Waals surface area contributed by atoms with E-state index in [-0.39, 0.29) is 5.38 Å². The SMILES string of the molecule is CC(C)CCC(Cl)c1ccc(Cl)c2ccccc12. The highest BCUT2D eigenvalue weighted by atomic mass is 35.5. The number of fused-ring (bicyclic) bond motifs is 1. The predicted molar refractivity (Wildman–Crippen MR) is 81.6 cm³/mol. The summed E-state index contributed by atoms with van der Waals surface area (Å²) in [5.74, 6) is 0.685. The highest BCUT2D eigenvalue weighted by Gasteiger charge is 2.13. The third-order valence-corrected chi connectivity index (χ3v) is 4.02. The Morgan fingerprint density at radius 1 is 0.944 bits per heavy atom. The number of hydrogen-bond donors (Lipinski definition) is 0. The van der Waals surface area contributed by atoms with E-state index in [2.05, 4.69) is 26.0 Å².